The van der Waals surface area contributed by atoms with Gasteiger partial charge in [-0.15, -0.1) is 0 Å². The second kappa shape index (κ2) is 2.34. The van der Waals surface area contributed by atoms with Crippen molar-refractivity contribution in [2.75, 3.05) is 0 Å². The van der Waals surface area contributed by atoms with Gasteiger partial charge >= 0.3 is 0 Å². The summed E-state index contributed by atoms with van der Waals surface area (Å²) in [5, 5.41) is 4.30. The zero-order chi connectivity index (χ0) is 8.55. The first-order valence-electron chi connectivity index (χ1n) is 3.38. The molecule has 0 spiro atoms. The Morgan fingerprint density at radius 3 is 3.08 bits per heavy atom. The van der Waals surface area contributed by atoms with Crippen LogP contribution in [0.15, 0.2) is 28.9 Å². The SMILES string of the molecule is [NH]C(=O)c1ccc2oncc2c1. The molecule has 0 aliphatic rings. The first kappa shape index (κ1) is 6.84. The Bertz CT molecular complexity index is 433. The van der Waals surface area contributed by atoms with Crippen molar-refractivity contribution in [2.24, 2.45) is 0 Å². The number of hydrogen-bond donors (Lipinski definition) is 0. The van der Waals surface area contributed by atoms with Gasteiger partial charge in [-0.2, -0.15) is 0 Å². The van der Waals surface area contributed by atoms with Crippen LogP contribution in [0.1, 0.15) is 10.4 Å². The average molecular weight is 161 g/mol. The first-order chi connectivity index (χ1) is 5.77. The molecule has 1 aromatic carbocycles. The fraction of sp³-hybridized carbons (Fsp3) is 0. The Morgan fingerprint density at radius 1 is 1.50 bits per heavy atom. The summed E-state index contributed by atoms with van der Waals surface area (Å²) in [4.78, 5) is 10.6. The molecular formula is C8H5N2O2. The van der Waals surface area contributed by atoms with Crippen LogP contribution in [0.2, 0.25) is 0 Å². The third kappa shape index (κ3) is 0.934. The molecule has 2 aromatic rings. The van der Waals surface area contributed by atoms with E-state index in [9.17, 15) is 4.79 Å². The molecular weight excluding hydrogens is 156 g/mol. The summed E-state index contributed by atoms with van der Waals surface area (Å²) in [7, 11) is 0. The van der Waals surface area contributed by atoms with Crippen LogP contribution in [0.4, 0.5) is 0 Å². The van der Waals surface area contributed by atoms with Gasteiger partial charge in [-0.3, -0.25) is 10.5 Å². The Labute approximate surface area is 67.9 Å². The fourth-order valence-electron chi connectivity index (χ4n) is 1.01. The normalized spacial score (nSPS) is 10.3. The Hall–Kier alpha value is -1.84. The molecule has 0 atom stereocenters. The average Bonchev–Trinajstić information content (AvgIpc) is 2.49. The van der Waals surface area contributed by atoms with E-state index in [-0.39, 0.29) is 0 Å². The van der Waals surface area contributed by atoms with Gasteiger partial charge in [0.2, 0.25) is 0 Å². The monoisotopic (exact) mass is 161 g/mol. The van der Waals surface area contributed by atoms with Crippen molar-refractivity contribution in [1.82, 2.24) is 10.9 Å². The van der Waals surface area contributed by atoms with Crippen molar-refractivity contribution in [2.45, 2.75) is 0 Å². The number of carbonyl (C=O) groups excluding carboxylic acids is 1. The molecule has 1 heterocycles. The lowest BCUT2D eigenvalue weighted by Crippen LogP contribution is -1.97. The van der Waals surface area contributed by atoms with Gasteiger partial charge in [0.1, 0.15) is 0 Å². The van der Waals surface area contributed by atoms with Crippen molar-refractivity contribution >= 4 is 16.9 Å². The lowest BCUT2D eigenvalue weighted by Gasteiger charge is -1.91. The van der Waals surface area contributed by atoms with Crippen LogP contribution in [-0.4, -0.2) is 11.1 Å². The highest BCUT2D eigenvalue weighted by Crippen LogP contribution is 2.14. The maximum Gasteiger partial charge on any atom is 0.269 e. The van der Waals surface area contributed by atoms with E-state index >= 15 is 0 Å². The third-order valence-electron chi connectivity index (χ3n) is 1.61. The fourth-order valence-corrected chi connectivity index (χ4v) is 1.01. The number of nitrogens with zero attached hydrogens (tertiary/aromatic N) is 1. The van der Waals surface area contributed by atoms with Gasteiger partial charge in [0.05, 0.1) is 6.20 Å². The highest BCUT2D eigenvalue weighted by molar-refractivity contribution is 5.95. The molecule has 0 unspecified atom stereocenters. The van der Waals surface area contributed by atoms with E-state index in [1.54, 1.807) is 18.2 Å². The molecule has 12 heavy (non-hydrogen) atoms. The molecule has 1 amide bonds. The predicted molar refractivity (Wildman–Crippen MR) is 41.4 cm³/mol. The molecule has 0 aliphatic carbocycles. The smallest absolute Gasteiger partial charge is 0.269 e. The Balaban J connectivity index is 2.68. The van der Waals surface area contributed by atoms with Crippen molar-refractivity contribution in [3.05, 3.63) is 30.0 Å². The van der Waals surface area contributed by atoms with Crippen LogP contribution in [0, 0.1) is 0 Å². The van der Waals surface area contributed by atoms with Crippen LogP contribution in [-0.2, 0) is 0 Å². The van der Waals surface area contributed by atoms with E-state index < -0.39 is 5.91 Å². The molecule has 0 saturated carbocycles. The van der Waals surface area contributed by atoms with Crippen LogP contribution in [0.25, 0.3) is 11.0 Å². The van der Waals surface area contributed by atoms with Crippen LogP contribution >= 0.6 is 0 Å². The molecule has 0 saturated heterocycles. The van der Waals surface area contributed by atoms with Gasteiger partial charge < -0.3 is 4.52 Å². The van der Waals surface area contributed by atoms with Crippen LogP contribution in [0.3, 0.4) is 0 Å². The summed E-state index contributed by atoms with van der Waals surface area (Å²) in [6.45, 7) is 0. The van der Waals surface area contributed by atoms with E-state index in [0.717, 1.165) is 5.39 Å². The number of nitrogens with one attached hydrogen (secondary N) is 1. The van der Waals surface area contributed by atoms with Gasteiger partial charge in [0.25, 0.3) is 5.91 Å². The maximum atomic E-state index is 10.6. The molecule has 59 valence electrons. The van der Waals surface area contributed by atoms with Gasteiger partial charge in [-0.1, -0.05) is 5.16 Å². The summed E-state index contributed by atoms with van der Waals surface area (Å²) in [6.07, 6.45) is 1.52. The van der Waals surface area contributed by atoms with Gasteiger partial charge in [-0.05, 0) is 18.2 Å². The summed E-state index contributed by atoms with van der Waals surface area (Å²) >= 11 is 0. The van der Waals surface area contributed by atoms with Crippen molar-refractivity contribution in [1.29, 1.82) is 0 Å². The largest absolute Gasteiger partial charge is 0.356 e. The van der Waals surface area contributed by atoms with Crippen LogP contribution in [0.5, 0.6) is 0 Å². The predicted octanol–water partition coefficient (Wildman–Crippen LogP) is 1.25. The summed E-state index contributed by atoms with van der Waals surface area (Å²) in [5.41, 5.74) is 7.83. The van der Waals surface area contributed by atoms with E-state index in [1.165, 1.54) is 6.20 Å². The lowest BCUT2D eigenvalue weighted by molar-refractivity contribution is 0.0992. The van der Waals surface area contributed by atoms with Gasteiger partial charge in [0.15, 0.2) is 5.58 Å². The van der Waals surface area contributed by atoms with Crippen molar-refractivity contribution in [3.8, 4) is 0 Å². The molecule has 0 bridgehead atoms. The van der Waals surface area contributed by atoms with E-state index in [4.69, 9.17) is 10.3 Å². The third-order valence-corrected chi connectivity index (χ3v) is 1.61. The number of fused-ring (bicyclic) bond motifs is 1. The van der Waals surface area contributed by atoms with Crippen LogP contribution < -0.4 is 5.73 Å². The van der Waals surface area contributed by atoms with Gasteiger partial charge in [0, 0.05) is 10.9 Å². The van der Waals surface area contributed by atoms with Crippen molar-refractivity contribution in [3.63, 3.8) is 0 Å². The molecule has 1 radical (unpaired) electrons. The Kier molecular flexibility index (Phi) is 1.33. The number of hydrogen-bond acceptors (Lipinski definition) is 3. The number of amides is 1. The number of rotatable bonds is 1. The molecule has 4 heteroatoms. The molecule has 0 aliphatic heterocycles. The molecule has 1 aromatic heterocycles. The number of benzene rings is 1. The van der Waals surface area contributed by atoms with Gasteiger partial charge in [-0.25, -0.2) is 0 Å². The lowest BCUT2D eigenvalue weighted by atomic mass is 10.1. The maximum absolute atomic E-state index is 10.6. The van der Waals surface area contributed by atoms with E-state index in [0.29, 0.717) is 11.1 Å². The van der Waals surface area contributed by atoms with E-state index in [2.05, 4.69) is 5.16 Å². The molecule has 4 nitrogen and oxygen atoms in total. The quantitative estimate of drug-likeness (QED) is 0.632. The zero-order valence-corrected chi connectivity index (χ0v) is 6.07. The number of carbonyl (C=O) groups is 1. The van der Waals surface area contributed by atoms with E-state index in [1.807, 2.05) is 0 Å². The minimum Gasteiger partial charge on any atom is -0.356 e. The summed E-state index contributed by atoms with van der Waals surface area (Å²) in [6, 6.07) is 4.76. The number of aromatic nitrogens is 1. The minimum absolute atomic E-state index is 0.353. The first-order valence-corrected chi connectivity index (χ1v) is 3.38. The highest BCUT2D eigenvalue weighted by Gasteiger charge is 2.03. The Morgan fingerprint density at radius 2 is 2.33 bits per heavy atom. The summed E-state index contributed by atoms with van der Waals surface area (Å²) in [5.74, 6) is -0.696. The van der Waals surface area contributed by atoms with Crippen molar-refractivity contribution < 1.29 is 9.32 Å². The standard InChI is InChI=1S/C8H5N2O2/c9-8(11)5-1-2-7-6(3-5)4-10-12-7/h1-4,9H. The summed E-state index contributed by atoms with van der Waals surface area (Å²) < 4.78 is 4.83. The second-order valence-electron chi connectivity index (χ2n) is 2.41. The topological polar surface area (TPSA) is 66.9 Å². The highest BCUT2D eigenvalue weighted by atomic mass is 16.5. The molecule has 1 N–H and O–H groups in total. The molecule has 0 fully saturated rings. The zero-order valence-electron chi connectivity index (χ0n) is 6.07. The molecule has 2 rings (SSSR count). The minimum atomic E-state index is -0.696. The second-order valence-corrected chi connectivity index (χ2v) is 2.41.